The molecule has 278 valence electrons. The zero-order chi connectivity index (χ0) is 37.4. The van der Waals surface area contributed by atoms with Crippen LogP contribution in [0.15, 0.2) is 72.8 Å². The summed E-state index contributed by atoms with van der Waals surface area (Å²) < 4.78 is 0. The first kappa shape index (κ1) is 36.7. The number of aliphatic carboxylic acids is 1. The Hall–Kier alpha value is -3.67. The molecule has 0 heterocycles. The molecule has 1 amide bonds. The second-order valence-corrected chi connectivity index (χ2v) is 18.8. The lowest BCUT2D eigenvalue weighted by molar-refractivity contribution is -0.225. The molecular weight excluding hydrogens is 647 g/mol. The predicted molar refractivity (Wildman–Crippen MR) is 205 cm³/mol. The van der Waals surface area contributed by atoms with Gasteiger partial charge in [0.1, 0.15) is 6.04 Å². The molecule has 10 unspecified atom stereocenters. The van der Waals surface area contributed by atoms with Gasteiger partial charge in [-0.05, 0) is 145 Å². The van der Waals surface area contributed by atoms with E-state index in [4.69, 9.17) is 0 Å². The number of carboxylic acid groups (broad SMARTS) is 2. The van der Waals surface area contributed by atoms with E-state index < -0.39 is 23.4 Å². The Morgan fingerprint density at radius 3 is 2.15 bits per heavy atom. The summed E-state index contributed by atoms with van der Waals surface area (Å²) >= 11 is 0. The fourth-order valence-electron chi connectivity index (χ4n) is 13.8. The van der Waals surface area contributed by atoms with Crippen LogP contribution in [0, 0.1) is 56.7 Å². The number of carbonyl (C=O) groups is 3. The van der Waals surface area contributed by atoms with Gasteiger partial charge in [-0.1, -0.05) is 95.3 Å². The van der Waals surface area contributed by atoms with E-state index in [-0.39, 0.29) is 45.8 Å². The molecule has 2 aromatic rings. The van der Waals surface area contributed by atoms with Gasteiger partial charge in [-0.3, -0.25) is 4.79 Å². The zero-order valence-electron chi connectivity index (χ0n) is 32.1. The molecule has 10 atom stereocenters. The summed E-state index contributed by atoms with van der Waals surface area (Å²) in [5.74, 6) is -0.122. The molecule has 5 aliphatic carbocycles. The van der Waals surface area contributed by atoms with Crippen molar-refractivity contribution in [2.75, 3.05) is 0 Å². The summed E-state index contributed by atoms with van der Waals surface area (Å²) in [6.07, 6.45) is 11.8. The van der Waals surface area contributed by atoms with Crippen LogP contribution in [0.4, 0.5) is 0 Å². The summed E-state index contributed by atoms with van der Waals surface area (Å²) in [6, 6.07) is 16.1. The van der Waals surface area contributed by atoms with Crippen LogP contribution in [0.3, 0.4) is 0 Å². The molecule has 4 saturated carbocycles. The third-order valence-corrected chi connectivity index (χ3v) is 16.4. The SMILES string of the molecule is C=C(C)C1CCC2(C(=O)NC(Cc3ccccc3)C(=O)O)CCC3(C)C(CCC4C5(C)CC=C(c6ccc(C(=O)O)cc6)C(C)(C)C5CCC43C)C12. The molecule has 6 nitrogen and oxygen atoms in total. The zero-order valence-corrected chi connectivity index (χ0v) is 32.1. The van der Waals surface area contributed by atoms with Gasteiger partial charge in [0, 0.05) is 6.42 Å². The number of rotatable bonds is 8. The van der Waals surface area contributed by atoms with Gasteiger partial charge in [-0.25, -0.2) is 9.59 Å². The number of hydrogen-bond donors (Lipinski definition) is 3. The second kappa shape index (κ2) is 12.7. The molecule has 2 aromatic carbocycles. The number of carboxylic acids is 2. The van der Waals surface area contributed by atoms with Gasteiger partial charge in [0.2, 0.25) is 5.91 Å². The molecule has 4 fully saturated rings. The number of aromatic carboxylic acids is 1. The summed E-state index contributed by atoms with van der Waals surface area (Å²) in [5, 5.41) is 22.9. The van der Waals surface area contributed by atoms with Gasteiger partial charge in [0.25, 0.3) is 0 Å². The topological polar surface area (TPSA) is 104 Å². The van der Waals surface area contributed by atoms with Crippen LogP contribution in [-0.4, -0.2) is 34.1 Å². The van der Waals surface area contributed by atoms with E-state index in [9.17, 15) is 24.6 Å². The number of nitrogens with one attached hydrogen (secondary N) is 1. The monoisotopic (exact) mass is 705 g/mol. The van der Waals surface area contributed by atoms with Crippen molar-refractivity contribution in [1.82, 2.24) is 5.32 Å². The number of carbonyl (C=O) groups excluding carboxylic acids is 1. The molecule has 0 radical (unpaired) electrons. The smallest absolute Gasteiger partial charge is 0.335 e. The number of benzene rings is 2. The summed E-state index contributed by atoms with van der Waals surface area (Å²) in [5.41, 5.74) is 4.49. The van der Waals surface area contributed by atoms with E-state index in [1.807, 2.05) is 42.5 Å². The van der Waals surface area contributed by atoms with Crippen molar-refractivity contribution in [2.24, 2.45) is 56.7 Å². The van der Waals surface area contributed by atoms with E-state index in [1.54, 1.807) is 12.1 Å². The highest BCUT2D eigenvalue weighted by atomic mass is 16.4. The molecular formula is C46H59NO5. The molecule has 0 aromatic heterocycles. The number of allylic oxidation sites excluding steroid dienone is 3. The summed E-state index contributed by atoms with van der Waals surface area (Å²) in [6.45, 7) is 19.2. The summed E-state index contributed by atoms with van der Waals surface area (Å²) in [4.78, 5) is 38.8. The first-order chi connectivity index (χ1) is 24.5. The van der Waals surface area contributed by atoms with Crippen molar-refractivity contribution in [3.05, 3.63) is 89.5 Å². The number of hydrogen-bond acceptors (Lipinski definition) is 3. The Kier molecular flexibility index (Phi) is 8.98. The number of amides is 1. The van der Waals surface area contributed by atoms with Gasteiger partial charge in [0.15, 0.2) is 0 Å². The standard InChI is InChI=1S/C46H59NO5/c1-28(2)32-19-24-46(41(52)47-35(40(50)51)27-29-11-9-8-10-12-29)26-25-44(6)34(38(32)46)17-18-37-43(5)22-20-33(30-13-15-31(16-14-30)39(48)49)42(3,4)36(43)21-23-45(37,44)7/h8-16,20,32,34-38H,1,17-19,21-27H2,2-7H3,(H,47,52)(H,48,49)(H,50,51). The average molecular weight is 706 g/mol. The lowest BCUT2D eigenvalue weighted by Gasteiger charge is -2.72. The quantitative estimate of drug-likeness (QED) is 0.237. The first-order valence-electron chi connectivity index (χ1n) is 19.8. The molecule has 5 aliphatic rings. The maximum atomic E-state index is 14.7. The Balaban J connectivity index is 1.20. The maximum Gasteiger partial charge on any atom is 0.335 e. The molecule has 3 N–H and O–H groups in total. The molecule has 0 aliphatic heterocycles. The van der Waals surface area contributed by atoms with Crippen LogP contribution in [0.5, 0.6) is 0 Å². The van der Waals surface area contributed by atoms with Crippen LogP contribution in [-0.2, 0) is 16.0 Å². The summed E-state index contributed by atoms with van der Waals surface area (Å²) in [7, 11) is 0. The Bertz CT molecular complexity index is 1790. The molecule has 0 bridgehead atoms. The van der Waals surface area contributed by atoms with Crippen molar-refractivity contribution in [1.29, 1.82) is 0 Å². The van der Waals surface area contributed by atoms with Crippen LogP contribution in [0.2, 0.25) is 0 Å². The average Bonchev–Trinajstić information content (AvgIpc) is 3.50. The van der Waals surface area contributed by atoms with Crippen LogP contribution in [0.1, 0.15) is 121 Å². The number of fused-ring (bicyclic) bond motifs is 7. The molecule has 0 saturated heterocycles. The normalized spacial score (nSPS) is 38.0. The molecule has 0 spiro atoms. The third-order valence-electron chi connectivity index (χ3n) is 16.4. The maximum absolute atomic E-state index is 14.7. The van der Waals surface area contributed by atoms with Crippen molar-refractivity contribution in [3.8, 4) is 0 Å². The minimum atomic E-state index is -0.983. The third kappa shape index (κ3) is 5.36. The predicted octanol–water partition coefficient (Wildman–Crippen LogP) is 9.85. The lowest BCUT2D eigenvalue weighted by Crippen LogP contribution is -2.66. The van der Waals surface area contributed by atoms with E-state index in [1.165, 1.54) is 5.57 Å². The lowest BCUT2D eigenvalue weighted by atomic mass is 9.32. The van der Waals surface area contributed by atoms with Gasteiger partial charge < -0.3 is 15.5 Å². The van der Waals surface area contributed by atoms with Crippen LogP contribution >= 0.6 is 0 Å². The minimum absolute atomic E-state index is 0.0490. The van der Waals surface area contributed by atoms with Crippen LogP contribution < -0.4 is 5.32 Å². The molecule has 52 heavy (non-hydrogen) atoms. The highest BCUT2D eigenvalue weighted by molar-refractivity contribution is 5.89. The fraction of sp³-hybridized carbons (Fsp3) is 0.587. The van der Waals surface area contributed by atoms with Crippen molar-refractivity contribution < 1.29 is 24.6 Å². The Labute approximate surface area is 310 Å². The fourth-order valence-corrected chi connectivity index (χ4v) is 13.8. The van der Waals surface area contributed by atoms with Gasteiger partial charge in [0.05, 0.1) is 11.0 Å². The highest BCUT2D eigenvalue weighted by Crippen LogP contribution is 2.77. The van der Waals surface area contributed by atoms with E-state index in [0.29, 0.717) is 23.3 Å². The molecule has 6 heteroatoms. The van der Waals surface area contributed by atoms with Crippen LogP contribution in [0.25, 0.3) is 5.57 Å². The van der Waals surface area contributed by atoms with Gasteiger partial charge in [-0.15, -0.1) is 0 Å². The van der Waals surface area contributed by atoms with Crippen molar-refractivity contribution in [2.45, 2.75) is 112 Å². The minimum Gasteiger partial charge on any atom is -0.480 e. The van der Waals surface area contributed by atoms with Gasteiger partial charge in [-0.2, -0.15) is 0 Å². The largest absolute Gasteiger partial charge is 0.480 e. The van der Waals surface area contributed by atoms with Crippen molar-refractivity contribution >= 4 is 23.4 Å². The molecule has 7 rings (SSSR count). The van der Waals surface area contributed by atoms with E-state index in [0.717, 1.165) is 74.5 Å². The second-order valence-electron chi connectivity index (χ2n) is 18.8. The van der Waals surface area contributed by atoms with E-state index >= 15 is 0 Å². The highest BCUT2D eigenvalue weighted by Gasteiger charge is 2.71. The van der Waals surface area contributed by atoms with E-state index in [2.05, 4.69) is 59.5 Å². The Morgan fingerprint density at radius 1 is 0.827 bits per heavy atom. The van der Waals surface area contributed by atoms with Crippen molar-refractivity contribution in [3.63, 3.8) is 0 Å². The first-order valence-corrected chi connectivity index (χ1v) is 19.8. The van der Waals surface area contributed by atoms with Gasteiger partial charge >= 0.3 is 11.9 Å². The Morgan fingerprint density at radius 2 is 1.52 bits per heavy atom.